The molecule has 0 bridgehead atoms. The minimum absolute atomic E-state index is 0.0439. The Kier molecular flexibility index (Phi) is 5.61. The number of alkyl halides is 6. The summed E-state index contributed by atoms with van der Waals surface area (Å²) >= 11 is 5.84. The molecule has 0 saturated carbocycles. The van der Waals surface area contributed by atoms with Crippen LogP contribution in [-0.2, 0) is 22.4 Å². The van der Waals surface area contributed by atoms with Crippen molar-refractivity contribution in [2.45, 2.75) is 17.2 Å². The lowest BCUT2D eigenvalue weighted by atomic mass is 10.0. The molecular formula is C20H11ClF6N4O2S. The summed E-state index contributed by atoms with van der Waals surface area (Å²) in [5.41, 5.74) is -4.27. The fraction of sp³-hybridized carbons (Fsp3) is 0.100. The Morgan fingerprint density at radius 1 is 0.882 bits per heavy atom. The number of nitrogens with zero attached hydrogens (tertiary/aromatic N) is 3. The van der Waals surface area contributed by atoms with Crippen LogP contribution in [0.3, 0.4) is 0 Å². The summed E-state index contributed by atoms with van der Waals surface area (Å²) in [7, 11) is -4.09. The summed E-state index contributed by atoms with van der Waals surface area (Å²) in [5, 5.41) is 8.76. The Balaban J connectivity index is 2.11. The number of benzene rings is 2. The maximum atomic E-state index is 13.9. The van der Waals surface area contributed by atoms with Crippen LogP contribution in [0.1, 0.15) is 11.3 Å². The summed E-state index contributed by atoms with van der Waals surface area (Å²) in [6, 6.07) is 9.75. The van der Waals surface area contributed by atoms with E-state index in [1.54, 1.807) is 0 Å². The molecule has 4 aromatic rings. The first-order chi connectivity index (χ1) is 15.7. The number of hydrogen-bond acceptors (Lipinski definition) is 4. The van der Waals surface area contributed by atoms with Gasteiger partial charge in [-0.1, -0.05) is 23.7 Å². The molecule has 34 heavy (non-hydrogen) atoms. The molecule has 6 nitrogen and oxygen atoms in total. The van der Waals surface area contributed by atoms with E-state index in [4.69, 9.17) is 16.7 Å². The van der Waals surface area contributed by atoms with Gasteiger partial charge in [0, 0.05) is 10.6 Å². The Morgan fingerprint density at radius 3 is 1.97 bits per heavy atom. The van der Waals surface area contributed by atoms with Crippen LogP contribution in [0.25, 0.3) is 28.0 Å². The maximum absolute atomic E-state index is 13.9. The minimum atomic E-state index is -5.18. The summed E-state index contributed by atoms with van der Waals surface area (Å²) in [6.07, 6.45) is -10.4. The second kappa shape index (κ2) is 7.96. The third-order valence-corrected chi connectivity index (χ3v) is 5.94. The van der Waals surface area contributed by atoms with Gasteiger partial charge in [-0.15, -0.1) is 0 Å². The van der Waals surface area contributed by atoms with Crippen molar-refractivity contribution in [2.75, 3.05) is 0 Å². The number of sulfonamides is 1. The van der Waals surface area contributed by atoms with Crippen LogP contribution in [-0.4, -0.2) is 23.2 Å². The third-order valence-electron chi connectivity index (χ3n) is 4.76. The first kappa shape index (κ1) is 24.0. The third kappa shape index (κ3) is 4.45. The monoisotopic (exact) mass is 520 g/mol. The zero-order valence-corrected chi connectivity index (χ0v) is 18.1. The molecule has 0 aliphatic heterocycles. The van der Waals surface area contributed by atoms with Crippen LogP contribution >= 0.6 is 11.6 Å². The van der Waals surface area contributed by atoms with Crippen molar-refractivity contribution in [1.29, 1.82) is 0 Å². The molecule has 0 spiro atoms. The Hall–Kier alpha value is -3.16. The average Bonchev–Trinajstić information content (AvgIpc) is 3.11. The number of halogens is 7. The summed E-state index contributed by atoms with van der Waals surface area (Å²) in [4.78, 5) is 3.12. The highest BCUT2D eigenvalue weighted by atomic mass is 35.5. The minimum Gasteiger partial charge on any atom is -0.225 e. The van der Waals surface area contributed by atoms with Crippen LogP contribution in [0.15, 0.2) is 59.5 Å². The molecule has 0 unspecified atom stereocenters. The molecular weight excluding hydrogens is 510 g/mol. The van der Waals surface area contributed by atoms with Gasteiger partial charge in [0.2, 0.25) is 10.0 Å². The summed E-state index contributed by atoms with van der Waals surface area (Å²) in [6.45, 7) is 0. The van der Waals surface area contributed by atoms with Crippen LogP contribution in [0.5, 0.6) is 0 Å². The number of primary sulfonamides is 1. The van der Waals surface area contributed by atoms with E-state index in [2.05, 4.69) is 10.1 Å². The molecule has 0 saturated heterocycles. The molecule has 0 radical (unpaired) electrons. The summed E-state index contributed by atoms with van der Waals surface area (Å²) in [5.74, 6) is 0. The lowest BCUT2D eigenvalue weighted by Gasteiger charge is -2.13. The van der Waals surface area contributed by atoms with Gasteiger partial charge in [0.05, 0.1) is 21.5 Å². The van der Waals surface area contributed by atoms with Crippen LogP contribution in [0.4, 0.5) is 26.3 Å². The molecule has 0 atom stereocenters. The van der Waals surface area contributed by atoms with E-state index in [9.17, 15) is 34.8 Å². The highest BCUT2D eigenvalue weighted by molar-refractivity contribution is 7.89. The van der Waals surface area contributed by atoms with E-state index in [0.29, 0.717) is 0 Å². The fourth-order valence-electron chi connectivity index (χ4n) is 3.25. The van der Waals surface area contributed by atoms with E-state index < -0.39 is 44.7 Å². The van der Waals surface area contributed by atoms with Gasteiger partial charge in [-0.2, -0.15) is 31.4 Å². The smallest absolute Gasteiger partial charge is 0.225 e. The number of rotatable bonds is 3. The standard InChI is InChI=1S/C20H11ClF6N4O2S/c21-11-3-1-10(2-4-11)17-16-14(19(22,23)24)9-15(20(25,26)27)29-18(16)31(30-17)12-5-7-13(8-6-12)34(28,32)33/h1-9H,(H2,28,32,33). The first-order valence-electron chi connectivity index (χ1n) is 9.13. The van der Waals surface area contributed by atoms with Crippen molar-refractivity contribution in [2.24, 2.45) is 5.14 Å². The predicted octanol–water partition coefficient (Wildman–Crippen LogP) is 5.43. The average molecular weight is 521 g/mol. The van der Waals surface area contributed by atoms with Crippen molar-refractivity contribution >= 4 is 32.7 Å². The molecule has 2 N–H and O–H groups in total. The van der Waals surface area contributed by atoms with Gasteiger partial charge >= 0.3 is 12.4 Å². The van der Waals surface area contributed by atoms with Crippen molar-refractivity contribution in [3.8, 4) is 16.9 Å². The number of pyridine rings is 1. The Morgan fingerprint density at radius 2 is 1.47 bits per heavy atom. The zero-order chi connectivity index (χ0) is 25.1. The van der Waals surface area contributed by atoms with Gasteiger partial charge in [0.15, 0.2) is 5.65 Å². The van der Waals surface area contributed by atoms with E-state index in [1.165, 1.54) is 24.3 Å². The van der Waals surface area contributed by atoms with E-state index >= 15 is 0 Å². The number of hydrogen-bond donors (Lipinski definition) is 1. The molecule has 2 heterocycles. The molecule has 14 heteroatoms. The summed E-state index contributed by atoms with van der Waals surface area (Å²) < 4.78 is 106. The number of fused-ring (bicyclic) bond motifs is 1. The Bertz CT molecular complexity index is 1500. The molecule has 0 aliphatic carbocycles. The van der Waals surface area contributed by atoms with Crippen molar-refractivity contribution in [3.05, 3.63) is 70.9 Å². The van der Waals surface area contributed by atoms with Gasteiger partial charge in [0.1, 0.15) is 11.4 Å². The van der Waals surface area contributed by atoms with Gasteiger partial charge in [-0.05, 0) is 42.5 Å². The van der Waals surface area contributed by atoms with Crippen LogP contribution in [0.2, 0.25) is 5.02 Å². The zero-order valence-electron chi connectivity index (χ0n) is 16.5. The van der Waals surface area contributed by atoms with Crippen molar-refractivity contribution in [1.82, 2.24) is 14.8 Å². The topological polar surface area (TPSA) is 90.9 Å². The quantitative estimate of drug-likeness (QED) is 0.365. The van der Waals surface area contributed by atoms with Gasteiger partial charge in [0.25, 0.3) is 0 Å². The second-order valence-electron chi connectivity index (χ2n) is 7.06. The molecule has 0 amide bonds. The van der Waals surface area contributed by atoms with E-state index in [1.807, 2.05) is 0 Å². The fourth-order valence-corrected chi connectivity index (χ4v) is 3.89. The highest BCUT2D eigenvalue weighted by Crippen LogP contribution is 2.42. The van der Waals surface area contributed by atoms with Gasteiger partial charge < -0.3 is 0 Å². The molecule has 2 aromatic carbocycles. The maximum Gasteiger partial charge on any atom is 0.433 e. The van der Waals surface area contributed by atoms with Gasteiger partial charge in [-0.25, -0.2) is 23.2 Å². The molecule has 4 rings (SSSR count). The molecule has 178 valence electrons. The lowest BCUT2D eigenvalue weighted by molar-refractivity contribution is -0.144. The number of nitrogens with two attached hydrogens (primary N) is 1. The SMILES string of the molecule is NS(=O)(=O)c1ccc(-n2nc(-c3ccc(Cl)cc3)c3c(C(F)(F)F)cc(C(F)(F)F)nc32)cc1. The molecule has 0 fully saturated rings. The van der Waals surface area contributed by atoms with E-state index in [-0.39, 0.29) is 32.9 Å². The highest BCUT2D eigenvalue weighted by Gasteiger charge is 2.41. The van der Waals surface area contributed by atoms with Crippen molar-refractivity contribution < 1.29 is 34.8 Å². The Labute approximate surface area is 192 Å². The van der Waals surface area contributed by atoms with Crippen molar-refractivity contribution in [3.63, 3.8) is 0 Å². The predicted molar refractivity (Wildman–Crippen MR) is 111 cm³/mol. The molecule has 0 aliphatic rings. The largest absolute Gasteiger partial charge is 0.433 e. The lowest BCUT2D eigenvalue weighted by Crippen LogP contribution is -2.14. The van der Waals surface area contributed by atoms with Crippen LogP contribution < -0.4 is 5.14 Å². The van der Waals surface area contributed by atoms with Gasteiger partial charge in [-0.3, -0.25) is 0 Å². The number of aromatic nitrogens is 3. The first-order valence-corrected chi connectivity index (χ1v) is 11.1. The second-order valence-corrected chi connectivity index (χ2v) is 9.05. The van der Waals surface area contributed by atoms with E-state index in [0.717, 1.165) is 28.9 Å². The molecule has 2 aromatic heterocycles. The van der Waals surface area contributed by atoms with Crippen LogP contribution in [0, 0.1) is 0 Å². The normalized spacial score (nSPS) is 12.9.